The van der Waals surface area contributed by atoms with Gasteiger partial charge >= 0.3 is 0 Å². The fourth-order valence-electron chi connectivity index (χ4n) is 3.96. The van der Waals surface area contributed by atoms with E-state index in [4.69, 9.17) is 0 Å². The minimum absolute atomic E-state index is 0.0977. The number of hydrogen-bond donors (Lipinski definition) is 2. The summed E-state index contributed by atoms with van der Waals surface area (Å²) in [6, 6.07) is 33.7. The minimum atomic E-state index is -0.308. The van der Waals surface area contributed by atoms with Gasteiger partial charge in [-0.3, -0.25) is 19.1 Å². The fraction of sp³-hybridized carbons (Fsp3) is 0.0323. The molecule has 0 saturated heterocycles. The van der Waals surface area contributed by atoms with Crippen molar-refractivity contribution < 1.29 is 14.4 Å². The van der Waals surface area contributed by atoms with Crippen LogP contribution in [0.2, 0.25) is 0 Å². The number of anilines is 2. The first-order valence-electron chi connectivity index (χ1n) is 12.0. The zero-order chi connectivity index (χ0) is 26.5. The van der Waals surface area contributed by atoms with E-state index in [1.165, 1.54) is 0 Å². The van der Waals surface area contributed by atoms with Crippen molar-refractivity contribution in [2.24, 2.45) is 7.05 Å². The summed E-state index contributed by atoms with van der Waals surface area (Å²) >= 11 is 0. The van der Waals surface area contributed by atoms with Gasteiger partial charge < -0.3 is 10.6 Å². The van der Waals surface area contributed by atoms with E-state index in [0.717, 1.165) is 5.56 Å². The first-order valence-corrected chi connectivity index (χ1v) is 12.0. The zero-order valence-corrected chi connectivity index (χ0v) is 20.6. The van der Waals surface area contributed by atoms with E-state index in [-0.39, 0.29) is 17.6 Å². The molecule has 0 radical (unpaired) electrons. The number of hydrogen-bond acceptors (Lipinski definition) is 4. The standard InChI is InChI=1S/C31H24N4O3/c1-35-28(33-31(38)25-14-12-23(13-15-25)29(36)22-8-4-2-5-9-22)20-27(34-35)21-16-18-26(19-17-21)32-30(37)24-10-6-3-7-11-24/h2-20H,1H3,(H,32,37)(H,33,38). The lowest BCUT2D eigenvalue weighted by molar-refractivity contribution is 0.101. The number of aromatic nitrogens is 2. The number of benzene rings is 4. The second-order valence-corrected chi connectivity index (χ2v) is 8.66. The van der Waals surface area contributed by atoms with Crippen LogP contribution in [0.4, 0.5) is 11.5 Å². The molecule has 7 nitrogen and oxygen atoms in total. The third kappa shape index (κ3) is 5.42. The molecule has 186 valence electrons. The number of rotatable bonds is 7. The number of nitrogens with one attached hydrogen (secondary N) is 2. The van der Waals surface area contributed by atoms with Gasteiger partial charge in [-0.05, 0) is 36.4 Å². The summed E-state index contributed by atoms with van der Waals surface area (Å²) in [5.41, 5.74) is 4.30. The van der Waals surface area contributed by atoms with Crippen molar-refractivity contribution in [3.8, 4) is 11.3 Å². The Morgan fingerprint density at radius 1 is 0.605 bits per heavy atom. The Balaban J connectivity index is 1.24. The Hall–Kier alpha value is -5.30. The molecule has 0 spiro atoms. The van der Waals surface area contributed by atoms with Crippen molar-refractivity contribution in [2.45, 2.75) is 0 Å². The molecule has 0 aliphatic heterocycles. The van der Waals surface area contributed by atoms with Crippen LogP contribution in [0.5, 0.6) is 0 Å². The largest absolute Gasteiger partial charge is 0.322 e. The summed E-state index contributed by atoms with van der Waals surface area (Å²) in [4.78, 5) is 37.8. The van der Waals surface area contributed by atoms with Gasteiger partial charge in [-0.25, -0.2) is 0 Å². The number of amides is 2. The first kappa shape index (κ1) is 24.4. The number of ketones is 1. The molecular weight excluding hydrogens is 476 g/mol. The molecule has 0 aliphatic carbocycles. The molecular formula is C31H24N4O3. The fourth-order valence-corrected chi connectivity index (χ4v) is 3.96. The highest BCUT2D eigenvalue weighted by atomic mass is 16.2. The Labute approximate surface area is 219 Å². The van der Waals surface area contributed by atoms with E-state index in [1.807, 2.05) is 48.5 Å². The molecule has 4 aromatic carbocycles. The van der Waals surface area contributed by atoms with Crippen LogP contribution < -0.4 is 10.6 Å². The molecule has 0 aliphatic rings. The van der Waals surface area contributed by atoms with Gasteiger partial charge in [0.15, 0.2) is 5.78 Å². The van der Waals surface area contributed by atoms with Crippen molar-refractivity contribution in [1.82, 2.24) is 9.78 Å². The summed E-state index contributed by atoms with van der Waals surface area (Å²) < 4.78 is 1.59. The summed E-state index contributed by atoms with van der Waals surface area (Å²) in [5, 5.41) is 10.3. The Bertz CT molecular complexity index is 1590. The average molecular weight is 501 g/mol. The molecule has 5 aromatic rings. The molecule has 7 heteroatoms. The van der Waals surface area contributed by atoms with Gasteiger partial charge in [-0.1, -0.05) is 72.8 Å². The zero-order valence-electron chi connectivity index (χ0n) is 20.6. The maximum atomic E-state index is 12.9. The Morgan fingerprint density at radius 3 is 1.74 bits per heavy atom. The minimum Gasteiger partial charge on any atom is -0.322 e. The molecule has 0 saturated carbocycles. The summed E-state index contributed by atoms with van der Waals surface area (Å²) in [6.07, 6.45) is 0. The van der Waals surface area contributed by atoms with Crippen LogP contribution in [0.1, 0.15) is 36.6 Å². The Morgan fingerprint density at radius 2 is 1.11 bits per heavy atom. The SMILES string of the molecule is Cn1nc(-c2ccc(NC(=O)c3ccccc3)cc2)cc1NC(=O)c1ccc(C(=O)c2ccccc2)cc1. The van der Waals surface area contributed by atoms with Crippen LogP contribution in [0.3, 0.4) is 0 Å². The average Bonchev–Trinajstić information content (AvgIpc) is 3.33. The van der Waals surface area contributed by atoms with Crippen LogP contribution in [0.15, 0.2) is 115 Å². The molecule has 2 N–H and O–H groups in total. The normalized spacial score (nSPS) is 10.6. The molecule has 1 heterocycles. The molecule has 0 fully saturated rings. The second kappa shape index (κ2) is 10.8. The molecule has 0 unspecified atom stereocenters. The highest BCUT2D eigenvalue weighted by molar-refractivity contribution is 6.10. The quantitative estimate of drug-likeness (QED) is 0.275. The molecule has 0 bridgehead atoms. The van der Waals surface area contributed by atoms with Crippen LogP contribution in [-0.2, 0) is 7.05 Å². The van der Waals surface area contributed by atoms with Crippen molar-refractivity contribution in [3.05, 3.63) is 138 Å². The van der Waals surface area contributed by atoms with Crippen molar-refractivity contribution in [3.63, 3.8) is 0 Å². The summed E-state index contributed by atoms with van der Waals surface area (Å²) in [5.74, 6) is -0.0636. The highest BCUT2D eigenvalue weighted by Crippen LogP contribution is 2.24. The third-order valence-electron chi connectivity index (χ3n) is 6.04. The van der Waals surface area contributed by atoms with Gasteiger partial charge in [-0.2, -0.15) is 5.10 Å². The molecule has 2 amide bonds. The van der Waals surface area contributed by atoms with Crippen molar-refractivity contribution >= 4 is 29.1 Å². The molecule has 38 heavy (non-hydrogen) atoms. The van der Waals surface area contributed by atoms with Crippen LogP contribution >= 0.6 is 0 Å². The number of carbonyl (C=O) groups is 3. The van der Waals surface area contributed by atoms with Gasteiger partial charge in [0, 0.05) is 46.6 Å². The lowest BCUT2D eigenvalue weighted by Gasteiger charge is -2.06. The van der Waals surface area contributed by atoms with Crippen LogP contribution in [-0.4, -0.2) is 27.4 Å². The molecule has 0 atom stereocenters. The number of carbonyl (C=O) groups excluding carboxylic acids is 3. The predicted octanol–water partition coefficient (Wildman–Crippen LogP) is 5.82. The van der Waals surface area contributed by atoms with Crippen LogP contribution in [0.25, 0.3) is 11.3 Å². The maximum Gasteiger partial charge on any atom is 0.256 e. The lowest BCUT2D eigenvalue weighted by Crippen LogP contribution is -2.14. The van der Waals surface area contributed by atoms with Crippen molar-refractivity contribution in [1.29, 1.82) is 0 Å². The molecule has 1 aromatic heterocycles. The topological polar surface area (TPSA) is 93.1 Å². The number of nitrogens with zero attached hydrogens (tertiary/aromatic N) is 2. The van der Waals surface area contributed by atoms with E-state index >= 15 is 0 Å². The van der Waals surface area contributed by atoms with E-state index in [9.17, 15) is 14.4 Å². The lowest BCUT2D eigenvalue weighted by atomic mass is 10.0. The van der Waals surface area contributed by atoms with E-state index in [1.54, 1.807) is 78.5 Å². The van der Waals surface area contributed by atoms with Gasteiger partial charge in [-0.15, -0.1) is 0 Å². The maximum absolute atomic E-state index is 12.9. The predicted molar refractivity (Wildman–Crippen MR) is 147 cm³/mol. The summed E-state index contributed by atoms with van der Waals surface area (Å²) in [6.45, 7) is 0. The summed E-state index contributed by atoms with van der Waals surface area (Å²) in [7, 11) is 1.75. The monoisotopic (exact) mass is 500 g/mol. The van der Waals surface area contributed by atoms with Gasteiger partial charge in [0.2, 0.25) is 0 Å². The van der Waals surface area contributed by atoms with E-state index in [2.05, 4.69) is 15.7 Å². The van der Waals surface area contributed by atoms with Crippen molar-refractivity contribution in [2.75, 3.05) is 10.6 Å². The molecule has 5 rings (SSSR count). The van der Waals surface area contributed by atoms with Crippen LogP contribution in [0, 0.1) is 0 Å². The van der Waals surface area contributed by atoms with Gasteiger partial charge in [0.25, 0.3) is 11.8 Å². The Kier molecular flexibility index (Phi) is 6.91. The van der Waals surface area contributed by atoms with Gasteiger partial charge in [0.05, 0.1) is 5.69 Å². The second-order valence-electron chi connectivity index (χ2n) is 8.66. The smallest absolute Gasteiger partial charge is 0.256 e. The number of aryl methyl sites for hydroxylation is 1. The highest BCUT2D eigenvalue weighted by Gasteiger charge is 2.14. The van der Waals surface area contributed by atoms with E-state index < -0.39 is 0 Å². The first-order chi connectivity index (χ1) is 18.5. The van der Waals surface area contributed by atoms with E-state index in [0.29, 0.717) is 39.5 Å². The third-order valence-corrected chi connectivity index (χ3v) is 6.04. The van der Waals surface area contributed by atoms with Gasteiger partial charge in [0.1, 0.15) is 5.82 Å².